The van der Waals surface area contributed by atoms with Crippen LogP contribution in [0, 0.1) is 6.92 Å². The fourth-order valence-corrected chi connectivity index (χ4v) is 3.03. The maximum absolute atomic E-state index is 12.0. The number of rotatable bonds is 3. The highest BCUT2D eigenvalue weighted by Gasteiger charge is 2.26. The van der Waals surface area contributed by atoms with Crippen molar-refractivity contribution >= 4 is 46.6 Å². The Morgan fingerprint density at radius 3 is 2.64 bits per heavy atom. The van der Waals surface area contributed by atoms with Crippen LogP contribution >= 0.6 is 34.8 Å². The molecule has 0 atom stereocenters. The van der Waals surface area contributed by atoms with Gasteiger partial charge in [-0.3, -0.25) is 10.3 Å². The predicted molar refractivity (Wildman–Crippen MR) is 90.3 cm³/mol. The number of anilines is 1. The van der Waals surface area contributed by atoms with E-state index in [1.165, 1.54) is 0 Å². The first-order valence-electron chi connectivity index (χ1n) is 7.22. The van der Waals surface area contributed by atoms with Gasteiger partial charge in [0.1, 0.15) is 6.61 Å². The maximum Gasteiger partial charge on any atom is 0.411 e. The smallest absolute Gasteiger partial charge is 0.411 e. The topological polar surface area (TPSA) is 51.2 Å². The minimum atomic E-state index is -1.62. The van der Waals surface area contributed by atoms with E-state index in [2.05, 4.69) is 24.1 Å². The highest BCUT2D eigenvalue weighted by Crippen LogP contribution is 2.36. The summed E-state index contributed by atoms with van der Waals surface area (Å²) in [6.45, 7) is 5.81. The van der Waals surface area contributed by atoms with Crippen molar-refractivity contribution in [1.29, 1.82) is 0 Å². The van der Waals surface area contributed by atoms with E-state index in [-0.39, 0.29) is 12.5 Å². The Morgan fingerprint density at radius 1 is 1.36 bits per heavy atom. The molecule has 0 saturated carbocycles. The van der Waals surface area contributed by atoms with Gasteiger partial charge in [0.2, 0.25) is 3.79 Å². The number of amides is 1. The molecule has 1 N–H and O–H groups in total. The van der Waals surface area contributed by atoms with Crippen molar-refractivity contribution in [2.24, 2.45) is 0 Å². The standard InChI is InChI=1S/C15H19Cl3N2O2/c1-8(2)12-9(3)19-11-6-4-5-10(11)13(12)20-14(21)22-7-15(16,17)18/h8H,4-7H2,1-3H3,(H,19,20,21). The molecule has 0 aliphatic heterocycles. The SMILES string of the molecule is Cc1nc2c(c(NC(=O)OCC(Cl)(Cl)Cl)c1C(C)C)CCC2. The first kappa shape index (κ1) is 17.6. The zero-order chi connectivity index (χ0) is 16.5. The normalized spacial score (nSPS) is 14.1. The molecule has 0 saturated heterocycles. The molecule has 7 heteroatoms. The number of hydrogen-bond acceptors (Lipinski definition) is 3. The van der Waals surface area contributed by atoms with Crippen LogP contribution in [-0.2, 0) is 17.6 Å². The number of aromatic nitrogens is 1. The van der Waals surface area contributed by atoms with Gasteiger partial charge in [0.25, 0.3) is 0 Å². The third-order valence-corrected chi connectivity index (χ3v) is 3.95. The number of ether oxygens (including phenoxy) is 1. The Labute approximate surface area is 145 Å². The molecule has 1 heterocycles. The lowest BCUT2D eigenvalue weighted by Gasteiger charge is -2.20. The van der Waals surface area contributed by atoms with Gasteiger partial charge in [-0.1, -0.05) is 48.7 Å². The molecule has 1 amide bonds. The van der Waals surface area contributed by atoms with Crippen LogP contribution in [0.3, 0.4) is 0 Å². The fourth-order valence-electron chi connectivity index (χ4n) is 2.86. The van der Waals surface area contributed by atoms with Gasteiger partial charge in [0.15, 0.2) is 0 Å². The zero-order valence-electron chi connectivity index (χ0n) is 12.8. The van der Waals surface area contributed by atoms with Crippen LogP contribution in [0.25, 0.3) is 0 Å². The number of hydrogen-bond donors (Lipinski definition) is 1. The molecule has 0 fully saturated rings. The van der Waals surface area contributed by atoms with Crippen molar-refractivity contribution in [3.05, 3.63) is 22.5 Å². The van der Waals surface area contributed by atoms with Crippen molar-refractivity contribution in [2.45, 2.75) is 49.7 Å². The minimum Gasteiger partial charge on any atom is -0.445 e. The van der Waals surface area contributed by atoms with Gasteiger partial charge < -0.3 is 4.74 Å². The van der Waals surface area contributed by atoms with Gasteiger partial charge in [-0.05, 0) is 43.2 Å². The van der Waals surface area contributed by atoms with Crippen molar-refractivity contribution < 1.29 is 9.53 Å². The number of pyridine rings is 1. The van der Waals surface area contributed by atoms with Gasteiger partial charge in [0, 0.05) is 11.4 Å². The molecular weight excluding hydrogens is 347 g/mol. The molecule has 0 unspecified atom stereocenters. The van der Waals surface area contributed by atoms with Gasteiger partial charge in [-0.2, -0.15) is 0 Å². The van der Waals surface area contributed by atoms with E-state index in [0.29, 0.717) is 0 Å². The summed E-state index contributed by atoms with van der Waals surface area (Å²) in [7, 11) is 0. The molecule has 1 aliphatic carbocycles. The average molecular weight is 366 g/mol. The van der Waals surface area contributed by atoms with Crippen LogP contribution in [0.1, 0.15) is 48.7 Å². The third-order valence-electron chi connectivity index (χ3n) is 3.62. The number of carbonyl (C=O) groups excluding carboxylic acids is 1. The number of alkyl halides is 3. The van der Waals surface area contributed by atoms with E-state index in [9.17, 15) is 4.79 Å². The van der Waals surface area contributed by atoms with Crippen LogP contribution in [-0.4, -0.2) is 21.5 Å². The van der Waals surface area contributed by atoms with Gasteiger partial charge in [0.05, 0.1) is 5.69 Å². The molecule has 122 valence electrons. The lowest BCUT2D eigenvalue weighted by Crippen LogP contribution is -2.23. The number of fused-ring (bicyclic) bond motifs is 1. The lowest BCUT2D eigenvalue weighted by molar-refractivity contribution is 0.164. The number of nitrogens with zero attached hydrogens (tertiary/aromatic N) is 1. The van der Waals surface area contributed by atoms with Gasteiger partial charge in [-0.25, -0.2) is 4.79 Å². The third kappa shape index (κ3) is 4.18. The summed E-state index contributed by atoms with van der Waals surface area (Å²) in [5, 5.41) is 2.83. The number of aryl methyl sites for hydroxylation is 2. The predicted octanol–water partition coefficient (Wildman–Crippen LogP) is 4.92. The Bertz CT molecular complexity index is 583. The second kappa shape index (κ2) is 6.81. The van der Waals surface area contributed by atoms with Crippen LogP contribution in [0.4, 0.5) is 10.5 Å². The summed E-state index contributed by atoms with van der Waals surface area (Å²) < 4.78 is 3.36. The Kier molecular flexibility index (Phi) is 5.46. The van der Waals surface area contributed by atoms with E-state index >= 15 is 0 Å². The fraction of sp³-hybridized carbons (Fsp3) is 0.600. The Hall–Kier alpha value is -0.710. The Morgan fingerprint density at radius 2 is 2.05 bits per heavy atom. The van der Waals surface area contributed by atoms with E-state index < -0.39 is 9.89 Å². The largest absolute Gasteiger partial charge is 0.445 e. The van der Waals surface area contributed by atoms with Crippen molar-refractivity contribution in [2.75, 3.05) is 11.9 Å². The number of nitrogens with one attached hydrogen (secondary N) is 1. The average Bonchev–Trinajstić information content (AvgIpc) is 2.83. The minimum absolute atomic E-state index is 0.238. The van der Waals surface area contributed by atoms with E-state index in [1.54, 1.807) is 0 Å². The zero-order valence-corrected chi connectivity index (χ0v) is 15.1. The molecule has 1 aromatic rings. The van der Waals surface area contributed by atoms with Crippen LogP contribution < -0.4 is 5.32 Å². The van der Waals surface area contributed by atoms with Gasteiger partial charge >= 0.3 is 6.09 Å². The summed E-state index contributed by atoms with van der Waals surface area (Å²) in [6.07, 6.45) is 2.27. The Balaban J connectivity index is 2.28. The molecular formula is C15H19Cl3N2O2. The highest BCUT2D eigenvalue weighted by molar-refractivity contribution is 6.67. The highest BCUT2D eigenvalue weighted by atomic mass is 35.6. The van der Waals surface area contributed by atoms with Crippen LogP contribution in [0.2, 0.25) is 0 Å². The quantitative estimate of drug-likeness (QED) is 0.773. The molecule has 1 aromatic heterocycles. The number of carbonyl (C=O) groups is 1. The van der Waals surface area contributed by atoms with E-state index in [1.807, 2.05) is 6.92 Å². The first-order valence-corrected chi connectivity index (χ1v) is 8.35. The first-order chi connectivity index (χ1) is 10.2. The summed E-state index contributed by atoms with van der Waals surface area (Å²) in [5.41, 5.74) is 4.93. The maximum atomic E-state index is 12.0. The van der Waals surface area contributed by atoms with Crippen molar-refractivity contribution in [3.8, 4) is 0 Å². The molecule has 0 spiro atoms. The molecule has 0 radical (unpaired) electrons. The van der Waals surface area contributed by atoms with E-state index in [0.717, 1.165) is 47.5 Å². The summed E-state index contributed by atoms with van der Waals surface area (Å²) >= 11 is 16.8. The summed E-state index contributed by atoms with van der Waals surface area (Å²) in [5.74, 6) is 0.238. The second-order valence-corrected chi connectivity index (χ2v) is 8.25. The van der Waals surface area contributed by atoms with Crippen molar-refractivity contribution in [3.63, 3.8) is 0 Å². The second-order valence-electron chi connectivity index (χ2n) is 5.74. The van der Waals surface area contributed by atoms with Gasteiger partial charge in [-0.15, -0.1) is 0 Å². The summed E-state index contributed by atoms with van der Waals surface area (Å²) in [6, 6.07) is 0. The monoisotopic (exact) mass is 364 g/mol. The van der Waals surface area contributed by atoms with E-state index in [4.69, 9.17) is 39.5 Å². The molecule has 0 aromatic carbocycles. The van der Waals surface area contributed by atoms with Crippen molar-refractivity contribution in [1.82, 2.24) is 4.98 Å². The molecule has 0 bridgehead atoms. The molecule has 1 aliphatic rings. The number of halogens is 3. The lowest BCUT2D eigenvalue weighted by atomic mass is 9.96. The molecule has 2 rings (SSSR count). The summed E-state index contributed by atoms with van der Waals surface area (Å²) in [4.78, 5) is 16.7. The molecule has 22 heavy (non-hydrogen) atoms. The van der Waals surface area contributed by atoms with Crippen LogP contribution in [0.5, 0.6) is 0 Å². The molecule has 4 nitrogen and oxygen atoms in total. The van der Waals surface area contributed by atoms with Crippen LogP contribution in [0.15, 0.2) is 0 Å².